The molecule has 0 aliphatic rings. The Labute approximate surface area is 140 Å². The molecule has 2 unspecified atom stereocenters. The van der Waals surface area contributed by atoms with E-state index in [9.17, 15) is 0 Å². The first-order valence-corrected chi connectivity index (χ1v) is 8.78. The fourth-order valence-corrected chi connectivity index (χ4v) is 3.94. The minimum atomic E-state index is 0.110. The van der Waals surface area contributed by atoms with Crippen molar-refractivity contribution in [2.75, 3.05) is 0 Å². The second kappa shape index (κ2) is 8.09. The minimum absolute atomic E-state index is 0.110. The maximum atomic E-state index is 6.30. The lowest BCUT2D eigenvalue weighted by atomic mass is 10.0. The van der Waals surface area contributed by atoms with Crippen LogP contribution in [-0.2, 0) is 5.75 Å². The lowest BCUT2D eigenvalue weighted by molar-refractivity contribution is 0.634. The molecular formula is C17H19Cl2NS. The van der Waals surface area contributed by atoms with Crippen LogP contribution in [0.4, 0.5) is 0 Å². The summed E-state index contributed by atoms with van der Waals surface area (Å²) < 4.78 is 0. The smallest absolute Gasteiger partial charge is 0.0451 e. The first kappa shape index (κ1) is 16.7. The molecule has 0 amide bonds. The van der Waals surface area contributed by atoms with Gasteiger partial charge in [0.05, 0.1) is 0 Å². The molecule has 2 rings (SSSR count). The second-order valence-corrected chi connectivity index (χ2v) is 6.92. The van der Waals surface area contributed by atoms with Crippen molar-refractivity contribution in [1.82, 2.24) is 0 Å². The molecule has 0 radical (unpaired) electrons. The molecule has 2 N–H and O–H groups in total. The fourth-order valence-electron chi connectivity index (χ4n) is 2.13. The van der Waals surface area contributed by atoms with Crippen molar-refractivity contribution >= 4 is 35.0 Å². The summed E-state index contributed by atoms with van der Waals surface area (Å²) in [6, 6.07) is 16.0. The van der Waals surface area contributed by atoms with E-state index in [1.165, 1.54) is 5.56 Å². The molecule has 0 saturated carbocycles. The third-order valence-electron chi connectivity index (χ3n) is 3.44. The molecule has 0 bridgehead atoms. The van der Waals surface area contributed by atoms with Crippen molar-refractivity contribution in [3.8, 4) is 0 Å². The summed E-state index contributed by atoms with van der Waals surface area (Å²) in [4.78, 5) is 0. The summed E-state index contributed by atoms with van der Waals surface area (Å²) >= 11 is 14.0. The quantitative estimate of drug-likeness (QED) is 0.729. The maximum absolute atomic E-state index is 6.30. The van der Waals surface area contributed by atoms with Crippen LogP contribution in [0.1, 0.15) is 29.7 Å². The van der Waals surface area contributed by atoms with Crippen molar-refractivity contribution in [1.29, 1.82) is 0 Å². The first-order valence-electron chi connectivity index (χ1n) is 6.98. The zero-order chi connectivity index (χ0) is 15.2. The highest BCUT2D eigenvalue weighted by Crippen LogP contribution is 2.36. The van der Waals surface area contributed by atoms with Crippen LogP contribution in [-0.4, -0.2) is 6.04 Å². The molecule has 2 aromatic carbocycles. The standard InChI is InChI=1S/C17H19Cl2NS/c1-2-16(20)17(12-7-9-14(18)10-8-12)21-11-13-5-3-4-6-15(13)19/h3-10,16-17H,2,11,20H2,1H3. The molecular weight excluding hydrogens is 321 g/mol. The Morgan fingerprint density at radius 1 is 1.05 bits per heavy atom. The summed E-state index contributed by atoms with van der Waals surface area (Å²) in [6.07, 6.45) is 0.933. The Morgan fingerprint density at radius 3 is 2.33 bits per heavy atom. The molecule has 2 atom stereocenters. The van der Waals surface area contributed by atoms with E-state index in [1.807, 2.05) is 42.1 Å². The average molecular weight is 340 g/mol. The Bertz CT molecular complexity index is 571. The van der Waals surface area contributed by atoms with Crippen LogP contribution in [0.15, 0.2) is 48.5 Å². The summed E-state index contributed by atoms with van der Waals surface area (Å²) in [6.45, 7) is 2.11. The molecule has 0 aliphatic carbocycles. The van der Waals surface area contributed by atoms with E-state index in [0.717, 1.165) is 27.8 Å². The molecule has 0 heterocycles. The normalized spacial score (nSPS) is 13.9. The van der Waals surface area contributed by atoms with E-state index in [-0.39, 0.29) is 11.3 Å². The molecule has 21 heavy (non-hydrogen) atoms. The number of hydrogen-bond acceptors (Lipinski definition) is 2. The van der Waals surface area contributed by atoms with Gasteiger partial charge in [-0.05, 0) is 35.7 Å². The van der Waals surface area contributed by atoms with Gasteiger partial charge in [0.2, 0.25) is 0 Å². The monoisotopic (exact) mass is 339 g/mol. The molecule has 0 aromatic heterocycles. The van der Waals surface area contributed by atoms with Crippen LogP contribution < -0.4 is 5.73 Å². The predicted octanol–water partition coefficient (Wildman–Crippen LogP) is 5.71. The predicted molar refractivity (Wildman–Crippen MR) is 95.2 cm³/mol. The number of rotatable bonds is 6. The molecule has 0 saturated heterocycles. The van der Waals surface area contributed by atoms with Crippen molar-refractivity contribution < 1.29 is 0 Å². The lowest BCUT2D eigenvalue weighted by Crippen LogP contribution is -2.25. The van der Waals surface area contributed by atoms with Crippen molar-refractivity contribution in [3.63, 3.8) is 0 Å². The number of halogens is 2. The van der Waals surface area contributed by atoms with Gasteiger partial charge in [0.25, 0.3) is 0 Å². The summed E-state index contributed by atoms with van der Waals surface area (Å²) in [5.74, 6) is 0.848. The van der Waals surface area contributed by atoms with Crippen LogP contribution in [0.3, 0.4) is 0 Å². The van der Waals surface area contributed by atoms with Gasteiger partial charge in [-0.2, -0.15) is 0 Å². The summed E-state index contributed by atoms with van der Waals surface area (Å²) in [7, 11) is 0. The Morgan fingerprint density at radius 2 is 1.71 bits per heavy atom. The Hall–Kier alpha value is -0.670. The largest absolute Gasteiger partial charge is 0.326 e. The van der Waals surface area contributed by atoms with Gasteiger partial charge in [0.1, 0.15) is 0 Å². The van der Waals surface area contributed by atoms with Crippen molar-refractivity contribution in [2.45, 2.75) is 30.4 Å². The van der Waals surface area contributed by atoms with Gasteiger partial charge >= 0.3 is 0 Å². The summed E-state index contributed by atoms with van der Waals surface area (Å²) in [5, 5.41) is 1.80. The Balaban J connectivity index is 2.14. The van der Waals surface area contributed by atoms with E-state index in [0.29, 0.717) is 0 Å². The molecule has 112 valence electrons. The zero-order valence-corrected chi connectivity index (χ0v) is 14.3. The van der Waals surface area contributed by atoms with E-state index >= 15 is 0 Å². The number of nitrogens with two attached hydrogens (primary N) is 1. The minimum Gasteiger partial charge on any atom is -0.326 e. The van der Waals surface area contributed by atoms with Crippen LogP contribution >= 0.6 is 35.0 Å². The topological polar surface area (TPSA) is 26.0 Å². The second-order valence-electron chi connectivity index (χ2n) is 4.95. The van der Waals surface area contributed by atoms with Gasteiger partial charge in [0.15, 0.2) is 0 Å². The van der Waals surface area contributed by atoms with Crippen LogP contribution in [0.25, 0.3) is 0 Å². The number of benzene rings is 2. The van der Waals surface area contributed by atoms with Gasteiger partial charge in [-0.15, -0.1) is 11.8 Å². The Kier molecular flexibility index (Phi) is 6.43. The van der Waals surface area contributed by atoms with Crippen LogP contribution in [0.5, 0.6) is 0 Å². The van der Waals surface area contributed by atoms with Crippen LogP contribution in [0, 0.1) is 0 Å². The highest BCUT2D eigenvalue weighted by Gasteiger charge is 2.19. The molecule has 0 aliphatic heterocycles. The summed E-state index contributed by atoms with van der Waals surface area (Å²) in [5.41, 5.74) is 8.66. The molecule has 1 nitrogen and oxygen atoms in total. The number of hydrogen-bond donors (Lipinski definition) is 1. The van der Waals surface area contributed by atoms with Gasteiger partial charge in [0, 0.05) is 27.1 Å². The van der Waals surface area contributed by atoms with E-state index in [1.54, 1.807) is 0 Å². The van der Waals surface area contributed by atoms with Gasteiger partial charge < -0.3 is 5.73 Å². The van der Waals surface area contributed by atoms with Gasteiger partial charge in [-0.3, -0.25) is 0 Å². The van der Waals surface area contributed by atoms with Crippen LogP contribution in [0.2, 0.25) is 10.0 Å². The van der Waals surface area contributed by atoms with Gasteiger partial charge in [-0.25, -0.2) is 0 Å². The highest BCUT2D eigenvalue weighted by molar-refractivity contribution is 7.98. The van der Waals surface area contributed by atoms with E-state index in [4.69, 9.17) is 28.9 Å². The molecule has 2 aromatic rings. The van der Waals surface area contributed by atoms with Crippen molar-refractivity contribution in [2.24, 2.45) is 5.73 Å². The van der Waals surface area contributed by atoms with E-state index < -0.39 is 0 Å². The molecule has 4 heteroatoms. The average Bonchev–Trinajstić information content (AvgIpc) is 2.50. The highest BCUT2D eigenvalue weighted by atomic mass is 35.5. The van der Waals surface area contributed by atoms with Gasteiger partial charge in [-0.1, -0.05) is 60.5 Å². The maximum Gasteiger partial charge on any atom is 0.0451 e. The van der Waals surface area contributed by atoms with E-state index in [2.05, 4.69) is 25.1 Å². The fraction of sp³-hybridized carbons (Fsp3) is 0.294. The van der Waals surface area contributed by atoms with Crippen molar-refractivity contribution in [3.05, 3.63) is 69.7 Å². The third-order valence-corrected chi connectivity index (χ3v) is 5.51. The first-order chi connectivity index (χ1) is 10.1. The number of thioether (sulfide) groups is 1. The zero-order valence-electron chi connectivity index (χ0n) is 11.9. The molecule has 0 fully saturated rings. The molecule has 0 spiro atoms. The lowest BCUT2D eigenvalue weighted by Gasteiger charge is -2.23. The SMILES string of the molecule is CCC(N)C(SCc1ccccc1Cl)c1ccc(Cl)cc1. The third kappa shape index (κ3) is 4.65.